The highest BCUT2D eigenvalue weighted by molar-refractivity contribution is 9.10. The summed E-state index contributed by atoms with van der Waals surface area (Å²) in [4.78, 5) is 0. The molecular weight excluding hydrogens is 342 g/mol. The highest BCUT2D eigenvalue weighted by Gasteiger charge is 2.11. The molecule has 0 saturated carbocycles. The van der Waals surface area contributed by atoms with Crippen molar-refractivity contribution in [2.75, 3.05) is 12.8 Å². The normalized spacial score (nSPS) is 10.6. The number of rotatable bonds is 4. The van der Waals surface area contributed by atoms with Crippen LogP contribution in [0.15, 0.2) is 59.1 Å². The molecule has 0 unspecified atom stereocenters. The van der Waals surface area contributed by atoms with E-state index in [0.29, 0.717) is 12.4 Å². The minimum Gasteiger partial charge on any atom is -0.497 e. The Kier molecular flexibility index (Phi) is 4.15. The average molecular weight is 358 g/mol. The Bertz CT molecular complexity index is 784. The van der Waals surface area contributed by atoms with Crippen LogP contribution in [0.25, 0.3) is 11.3 Å². The lowest BCUT2D eigenvalue weighted by Crippen LogP contribution is -2.05. The number of halogens is 1. The molecule has 0 aliphatic rings. The average Bonchev–Trinajstić information content (AvgIpc) is 2.89. The van der Waals surface area contributed by atoms with Gasteiger partial charge in [-0.1, -0.05) is 30.3 Å². The van der Waals surface area contributed by atoms with E-state index in [9.17, 15) is 0 Å². The number of nitrogens with two attached hydrogens (primary N) is 1. The van der Waals surface area contributed by atoms with E-state index in [1.165, 1.54) is 0 Å². The van der Waals surface area contributed by atoms with Crippen LogP contribution in [-0.2, 0) is 6.54 Å². The molecule has 0 spiro atoms. The van der Waals surface area contributed by atoms with Crippen LogP contribution in [0.5, 0.6) is 5.75 Å². The van der Waals surface area contributed by atoms with Gasteiger partial charge in [-0.15, -0.1) is 0 Å². The molecular formula is C17H16BrN3O. The second-order valence-electron chi connectivity index (χ2n) is 4.94. The lowest BCUT2D eigenvalue weighted by atomic mass is 10.1. The van der Waals surface area contributed by atoms with E-state index in [2.05, 4.69) is 33.2 Å². The molecule has 0 aliphatic carbocycles. The number of nitrogen functional groups attached to an aromatic ring is 1. The maximum atomic E-state index is 6.09. The Morgan fingerprint density at radius 2 is 1.91 bits per heavy atom. The van der Waals surface area contributed by atoms with E-state index >= 15 is 0 Å². The third-order valence-corrected chi connectivity index (χ3v) is 4.09. The van der Waals surface area contributed by atoms with E-state index in [4.69, 9.17) is 10.5 Å². The predicted molar refractivity (Wildman–Crippen MR) is 91.9 cm³/mol. The Morgan fingerprint density at radius 1 is 1.14 bits per heavy atom. The molecule has 0 aliphatic heterocycles. The fourth-order valence-corrected chi connectivity index (χ4v) is 2.84. The Labute approximate surface area is 137 Å². The molecule has 0 atom stereocenters. The summed E-state index contributed by atoms with van der Waals surface area (Å²) in [5, 5.41) is 4.61. The summed E-state index contributed by atoms with van der Waals surface area (Å²) in [6, 6.07) is 17.8. The van der Waals surface area contributed by atoms with Gasteiger partial charge in [0.05, 0.1) is 19.3 Å². The predicted octanol–water partition coefficient (Wildman–Crippen LogP) is 3.95. The highest BCUT2D eigenvalue weighted by Crippen LogP contribution is 2.31. The molecule has 3 aromatic rings. The van der Waals surface area contributed by atoms with E-state index in [-0.39, 0.29) is 0 Å². The number of hydrogen-bond donors (Lipinski definition) is 1. The summed E-state index contributed by atoms with van der Waals surface area (Å²) in [6.07, 6.45) is 0. The molecule has 0 bridgehead atoms. The molecule has 5 heteroatoms. The van der Waals surface area contributed by atoms with Crippen molar-refractivity contribution in [1.29, 1.82) is 0 Å². The van der Waals surface area contributed by atoms with Crippen molar-refractivity contribution >= 4 is 21.7 Å². The SMILES string of the molecule is COc1ccc(-c2cc(N)n(Cc3ccccc3)n2)c(Br)c1. The lowest BCUT2D eigenvalue weighted by Gasteiger charge is -2.05. The van der Waals surface area contributed by atoms with Crippen molar-refractivity contribution in [3.05, 3.63) is 64.6 Å². The van der Waals surface area contributed by atoms with Crippen molar-refractivity contribution in [2.45, 2.75) is 6.54 Å². The van der Waals surface area contributed by atoms with Gasteiger partial charge >= 0.3 is 0 Å². The van der Waals surface area contributed by atoms with Crippen molar-refractivity contribution in [1.82, 2.24) is 9.78 Å². The monoisotopic (exact) mass is 357 g/mol. The highest BCUT2D eigenvalue weighted by atomic mass is 79.9. The number of methoxy groups -OCH3 is 1. The van der Waals surface area contributed by atoms with E-state index in [0.717, 1.165) is 27.0 Å². The van der Waals surface area contributed by atoms with Gasteiger partial charge in [0.1, 0.15) is 11.6 Å². The van der Waals surface area contributed by atoms with Gasteiger partial charge in [-0.25, -0.2) is 4.68 Å². The molecule has 112 valence electrons. The minimum absolute atomic E-state index is 0.640. The van der Waals surface area contributed by atoms with Gasteiger partial charge in [0, 0.05) is 16.1 Å². The van der Waals surface area contributed by atoms with Crippen molar-refractivity contribution < 1.29 is 4.74 Å². The van der Waals surface area contributed by atoms with Crippen LogP contribution in [-0.4, -0.2) is 16.9 Å². The second kappa shape index (κ2) is 6.23. The third kappa shape index (κ3) is 2.99. The molecule has 0 amide bonds. The lowest BCUT2D eigenvalue weighted by molar-refractivity contribution is 0.414. The molecule has 2 aromatic carbocycles. The molecule has 3 rings (SSSR count). The summed E-state index contributed by atoms with van der Waals surface area (Å²) in [7, 11) is 1.65. The van der Waals surface area contributed by atoms with Crippen LogP contribution >= 0.6 is 15.9 Å². The molecule has 0 radical (unpaired) electrons. The van der Waals surface area contributed by atoms with Crippen LogP contribution in [0.3, 0.4) is 0 Å². The van der Waals surface area contributed by atoms with Crippen molar-refractivity contribution in [3.63, 3.8) is 0 Å². The number of aromatic nitrogens is 2. The third-order valence-electron chi connectivity index (χ3n) is 3.44. The number of benzene rings is 2. The van der Waals surface area contributed by atoms with Gasteiger partial charge in [-0.3, -0.25) is 0 Å². The number of nitrogens with zero attached hydrogens (tertiary/aromatic N) is 2. The maximum Gasteiger partial charge on any atom is 0.122 e. The zero-order valence-corrected chi connectivity index (χ0v) is 13.7. The number of ether oxygens (including phenoxy) is 1. The Morgan fingerprint density at radius 3 is 2.59 bits per heavy atom. The quantitative estimate of drug-likeness (QED) is 0.768. The molecule has 4 nitrogen and oxygen atoms in total. The van der Waals surface area contributed by atoms with E-state index in [1.807, 2.05) is 42.5 Å². The summed E-state index contributed by atoms with van der Waals surface area (Å²) >= 11 is 3.56. The van der Waals surface area contributed by atoms with Gasteiger partial charge in [-0.2, -0.15) is 5.10 Å². The zero-order chi connectivity index (χ0) is 15.5. The van der Waals surface area contributed by atoms with E-state index in [1.54, 1.807) is 11.8 Å². The smallest absolute Gasteiger partial charge is 0.122 e. The van der Waals surface area contributed by atoms with Gasteiger partial charge < -0.3 is 10.5 Å². The summed E-state index contributed by atoms with van der Waals surface area (Å²) in [6.45, 7) is 0.653. The van der Waals surface area contributed by atoms with Crippen molar-refractivity contribution in [3.8, 4) is 17.0 Å². The van der Waals surface area contributed by atoms with E-state index < -0.39 is 0 Å². The molecule has 2 N–H and O–H groups in total. The van der Waals surface area contributed by atoms with Crippen LogP contribution in [0.4, 0.5) is 5.82 Å². The van der Waals surface area contributed by atoms with Crippen LogP contribution in [0.1, 0.15) is 5.56 Å². The summed E-state index contributed by atoms with van der Waals surface area (Å²) in [5.41, 5.74) is 9.08. The minimum atomic E-state index is 0.640. The molecule has 22 heavy (non-hydrogen) atoms. The first kappa shape index (κ1) is 14.7. The van der Waals surface area contributed by atoms with Gasteiger partial charge in [-0.05, 0) is 39.7 Å². The first-order valence-corrected chi connectivity index (χ1v) is 7.68. The van der Waals surface area contributed by atoms with Gasteiger partial charge in [0.15, 0.2) is 0 Å². The number of anilines is 1. The van der Waals surface area contributed by atoms with Gasteiger partial charge in [0.2, 0.25) is 0 Å². The largest absolute Gasteiger partial charge is 0.497 e. The summed E-state index contributed by atoms with van der Waals surface area (Å²) < 4.78 is 7.95. The first-order valence-electron chi connectivity index (χ1n) is 6.88. The summed E-state index contributed by atoms with van der Waals surface area (Å²) in [5.74, 6) is 1.44. The van der Waals surface area contributed by atoms with Crippen molar-refractivity contribution in [2.24, 2.45) is 0 Å². The molecule has 0 saturated heterocycles. The molecule has 1 aromatic heterocycles. The maximum absolute atomic E-state index is 6.09. The fourth-order valence-electron chi connectivity index (χ4n) is 2.28. The Balaban J connectivity index is 1.92. The molecule has 0 fully saturated rings. The number of hydrogen-bond acceptors (Lipinski definition) is 3. The molecule has 1 heterocycles. The fraction of sp³-hybridized carbons (Fsp3) is 0.118. The van der Waals surface area contributed by atoms with Crippen LogP contribution < -0.4 is 10.5 Å². The van der Waals surface area contributed by atoms with Crippen LogP contribution in [0.2, 0.25) is 0 Å². The first-order chi connectivity index (χ1) is 10.7. The zero-order valence-electron chi connectivity index (χ0n) is 12.2. The topological polar surface area (TPSA) is 53.1 Å². The second-order valence-corrected chi connectivity index (χ2v) is 5.80. The van der Waals surface area contributed by atoms with Gasteiger partial charge in [0.25, 0.3) is 0 Å². The van der Waals surface area contributed by atoms with Crippen LogP contribution in [0, 0.1) is 0 Å². The Hall–Kier alpha value is -2.27. The standard InChI is InChI=1S/C17H16BrN3O/c1-22-13-7-8-14(15(18)9-13)16-10-17(19)21(20-16)11-12-5-3-2-4-6-12/h2-10H,11,19H2,1H3.